The van der Waals surface area contributed by atoms with Gasteiger partial charge in [0.25, 0.3) is 0 Å². The third-order valence-corrected chi connectivity index (χ3v) is 2.77. The number of alkyl halides is 7. The van der Waals surface area contributed by atoms with E-state index in [-0.39, 0.29) is 12.0 Å². The highest BCUT2D eigenvalue weighted by molar-refractivity contribution is 6.17. The van der Waals surface area contributed by atoms with Gasteiger partial charge in [-0.3, -0.25) is 0 Å². The summed E-state index contributed by atoms with van der Waals surface area (Å²) in [5.41, 5.74) is -3.62. The molecular weight excluding hydrogens is 282 g/mol. The minimum Gasteiger partial charge on any atom is -0.166 e. The Morgan fingerprint density at radius 1 is 1.00 bits per heavy atom. The fraction of sp³-hybridized carbons (Fsp3) is 0.455. The van der Waals surface area contributed by atoms with Crippen molar-refractivity contribution in [3.63, 3.8) is 0 Å². The van der Waals surface area contributed by atoms with Crippen LogP contribution >= 0.6 is 11.6 Å². The minimum absolute atomic E-state index is 0.339. The van der Waals surface area contributed by atoms with E-state index < -0.39 is 34.9 Å². The smallest absolute Gasteiger partial charge is 0.166 e. The average Bonchev–Trinajstić information content (AvgIpc) is 2.24. The maximum Gasteiger partial charge on any atom is 0.416 e. The van der Waals surface area contributed by atoms with E-state index in [9.17, 15) is 26.3 Å². The fourth-order valence-electron chi connectivity index (χ4n) is 1.79. The van der Waals surface area contributed by atoms with Crippen molar-refractivity contribution >= 4 is 11.6 Å². The van der Waals surface area contributed by atoms with E-state index in [1.807, 2.05) is 0 Å². The lowest BCUT2D eigenvalue weighted by Gasteiger charge is -2.20. The van der Waals surface area contributed by atoms with Crippen molar-refractivity contribution in [1.82, 2.24) is 0 Å². The number of rotatable bonds is 2. The molecule has 0 aromatic heterocycles. The van der Waals surface area contributed by atoms with Gasteiger partial charge in [0, 0.05) is 5.88 Å². The normalized spacial score (nSPS) is 12.9. The van der Waals surface area contributed by atoms with E-state index in [2.05, 4.69) is 0 Å². The second-order valence-electron chi connectivity index (χ2n) is 3.61. The molecule has 0 bridgehead atoms. The molecule has 18 heavy (non-hydrogen) atoms. The van der Waals surface area contributed by atoms with Gasteiger partial charge in [0.05, 0.1) is 11.1 Å². The molecule has 1 aromatic carbocycles. The monoisotopic (exact) mass is 290 g/mol. The van der Waals surface area contributed by atoms with Gasteiger partial charge in [-0.25, -0.2) is 0 Å². The lowest BCUT2D eigenvalue weighted by Crippen LogP contribution is -2.18. The highest BCUT2D eigenvalue weighted by Gasteiger charge is 2.41. The van der Waals surface area contributed by atoms with Gasteiger partial charge in [0.2, 0.25) is 0 Å². The maximum atomic E-state index is 12.8. The highest BCUT2D eigenvalue weighted by atomic mass is 35.5. The third-order valence-electron chi connectivity index (χ3n) is 2.49. The third kappa shape index (κ3) is 2.91. The van der Waals surface area contributed by atoms with Gasteiger partial charge in [-0.2, -0.15) is 26.3 Å². The predicted molar refractivity (Wildman–Crippen MR) is 55.4 cm³/mol. The molecule has 0 aliphatic carbocycles. The second-order valence-corrected chi connectivity index (χ2v) is 3.88. The second kappa shape index (κ2) is 4.99. The molecule has 1 aromatic rings. The van der Waals surface area contributed by atoms with Gasteiger partial charge < -0.3 is 0 Å². The first-order valence-corrected chi connectivity index (χ1v) is 5.51. The van der Waals surface area contributed by atoms with Gasteiger partial charge in [0.15, 0.2) is 0 Å². The van der Waals surface area contributed by atoms with Crippen LogP contribution in [-0.2, 0) is 24.7 Å². The largest absolute Gasteiger partial charge is 0.416 e. The Labute approximate surface area is 105 Å². The zero-order chi connectivity index (χ0) is 14.1. The van der Waals surface area contributed by atoms with Gasteiger partial charge in [-0.1, -0.05) is 13.0 Å². The molecule has 102 valence electrons. The Morgan fingerprint density at radius 3 is 1.89 bits per heavy atom. The van der Waals surface area contributed by atoms with Crippen LogP contribution in [0.15, 0.2) is 12.1 Å². The molecule has 0 amide bonds. The summed E-state index contributed by atoms with van der Waals surface area (Å²) in [5, 5.41) is 0. The first kappa shape index (κ1) is 15.1. The minimum atomic E-state index is -4.85. The molecule has 0 atom stereocenters. The number of halogens is 7. The van der Waals surface area contributed by atoms with Crippen LogP contribution in [0.5, 0.6) is 0 Å². The Hall–Kier alpha value is -0.910. The summed E-state index contributed by atoms with van der Waals surface area (Å²) in [7, 11) is 0. The van der Waals surface area contributed by atoms with E-state index in [1.54, 1.807) is 0 Å². The molecular formula is C11H9ClF6. The van der Waals surface area contributed by atoms with Crippen molar-refractivity contribution in [2.45, 2.75) is 31.6 Å². The van der Waals surface area contributed by atoms with E-state index in [0.717, 1.165) is 6.07 Å². The quantitative estimate of drug-likeness (QED) is 0.529. The van der Waals surface area contributed by atoms with Crippen molar-refractivity contribution in [1.29, 1.82) is 0 Å². The maximum absolute atomic E-state index is 12.8. The molecule has 0 unspecified atom stereocenters. The molecule has 0 radical (unpaired) electrons. The summed E-state index contributed by atoms with van der Waals surface area (Å²) >= 11 is 5.35. The van der Waals surface area contributed by atoms with E-state index >= 15 is 0 Å². The summed E-state index contributed by atoms with van der Waals surface area (Å²) in [6, 6.07) is 1.42. The summed E-state index contributed by atoms with van der Waals surface area (Å²) < 4.78 is 76.4. The van der Waals surface area contributed by atoms with Crippen LogP contribution in [-0.4, -0.2) is 0 Å². The molecule has 0 aliphatic rings. The van der Waals surface area contributed by atoms with Crippen molar-refractivity contribution in [2.24, 2.45) is 0 Å². The van der Waals surface area contributed by atoms with Crippen molar-refractivity contribution in [3.8, 4) is 0 Å². The van der Waals surface area contributed by atoms with Crippen molar-refractivity contribution in [2.75, 3.05) is 0 Å². The van der Waals surface area contributed by atoms with Gasteiger partial charge in [-0.15, -0.1) is 11.6 Å². The van der Waals surface area contributed by atoms with Crippen molar-refractivity contribution < 1.29 is 26.3 Å². The average molecular weight is 291 g/mol. The SMILES string of the molecule is CCc1c(C(F)(F)F)ccc(CCl)c1C(F)(F)F. The van der Waals surface area contributed by atoms with Gasteiger partial charge >= 0.3 is 12.4 Å². The Morgan fingerprint density at radius 2 is 1.56 bits per heavy atom. The van der Waals surface area contributed by atoms with E-state index in [1.165, 1.54) is 6.92 Å². The van der Waals surface area contributed by atoms with Crippen molar-refractivity contribution in [3.05, 3.63) is 34.4 Å². The Kier molecular flexibility index (Phi) is 4.20. The predicted octanol–water partition coefficient (Wildman–Crippen LogP) is 5.03. The number of hydrogen-bond donors (Lipinski definition) is 0. The molecule has 1 rings (SSSR count). The first-order chi connectivity index (χ1) is 8.12. The Bertz CT molecular complexity index is 432. The highest BCUT2D eigenvalue weighted by Crippen LogP contribution is 2.41. The molecule has 0 N–H and O–H groups in total. The van der Waals surface area contributed by atoms with Crippen LogP contribution in [0.1, 0.15) is 29.2 Å². The van der Waals surface area contributed by atoms with E-state index in [0.29, 0.717) is 6.07 Å². The van der Waals surface area contributed by atoms with Crippen LogP contribution in [0.3, 0.4) is 0 Å². The molecule has 0 heterocycles. The lowest BCUT2D eigenvalue weighted by molar-refractivity contribution is -0.144. The van der Waals surface area contributed by atoms with Gasteiger partial charge in [0.1, 0.15) is 0 Å². The lowest BCUT2D eigenvalue weighted by atomic mass is 9.94. The fourth-order valence-corrected chi connectivity index (χ4v) is 2.02. The number of benzene rings is 1. The van der Waals surface area contributed by atoms with E-state index in [4.69, 9.17) is 11.6 Å². The molecule has 7 heteroatoms. The molecule has 0 saturated carbocycles. The first-order valence-electron chi connectivity index (χ1n) is 4.98. The summed E-state index contributed by atoms with van der Waals surface area (Å²) in [4.78, 5) is 0. The molecule has 0 nitrogen and oxygen atoms in total. The Balaban J connectivity index is 3.64. The molecule has 0 saturated heterocycles. The van der Waals surface area contributed by atoms with Crippen LogP contribution in [0, 0.1) is 0 Å². The van der Waals surface area contributed by atoms with Crippen LogP contribution in [0.2, 0.25) is 0 Å². The molecule has 0 aliphatic heterocycles. The zero-order valence-electron chi connectivity index (χ0n) is 9.21. The van der Waals surface area contributed by atoms with Crippen LogP contribution < -0.4 is 0 Å². The molecule has 0 fully saturated rings. The topological polar surface area (TPSA) is 0 Å². The summed E-state index contributed by atoms with van der Waals surface area (Å²) in [5.74, 6) is -0.486. The zero-order valence-corrected chi connectivity index (χ0v) is 9.97. The van der Waals surface area contributed by atoms with Crippen LogP contribution in [0.4, 0.5) is 26.3 Å². The number of hydrogen-bond acceptors (Lipinski definition) is 0. The summed E-state index contributed by atoms with van der Waals surface area (Å²) in [6.45, 7) is 1.25. The van der Waals surface area contributed by atoms with Gasteiger partial charge in [-0.05, 0) is 23.6 Å². The molecule has 0 spiro atoms. The van der Waals surface area contributed by atoms with Crippen LogP contribution in [0.25, 0.3) is 0 Å². The summed E-state index contributed by atoms with van der Waals surface area (Å²) in [6.07, 6.45) is -10.0. The standard InChI is InChI=1S/C11H9ClF6/c1-2-7-8(10(13,14)15)4-3-6(5-12)9(7)11(16,17)18/h3-4H,2,5H2,1H3.